The van der Waals surface area contributed by atoms with E-state index in [9.17, 15) is 4.79 Å². The van der Waals surface area contributed by atoms with Gasteiger partial charge in [-0.2, -0.15) is 0 Å². The van der Waals surface area contributed by atoms with Gasteiger partial charge in [0.1, 0.15) is 0 Å². The van der Waals surface area contributed by atoms with E-state index in [0.29, 0.717) is 5.56 Å². The maximum atomic E-state index is 11.2. The zero-order valence-electron chi connectivity index (χ0n) is 8.76. The number of carbonyl (C=O) groups is 1. The van der Waals surface area contributed by atoms with Crippen LogP contribution in [0.5, 0.6) is 0 Å². The largest absolute Gasteiger partial charge is 0.350 e. The zero-order valence-corrected chi connectivity index (χ0v) is 8.76. The molecule has 1 heterocycles. The fourth-order valence-corrected chi connectivity index (χ4v) is 1.53. The van der Waals surface area contributed by atoms with E-state index in [0.717, 1.165) is 12.1 Å². The van der Waals surface area contributed by atoms with E-state index >= 15 is 0 Å². The van der Waals surface area contributed by atoms with Gasteiger partial charge in [0.25, 0.3) is 5.91 Å². The third kappa shape index (κ3) is 2.29. The summed E-state index contributed by atoms with van der Waals surface area (Å²) in [5.41, 5.74) is 3.81. The molecule has 1 aromatic heterocycles. The predicted molar refractivity (Wildman–Crippen MR) is 61.6 cm³/mol. The van der Waals surface area contributed by atoms with Gasteiger partial charge in [-0.15, -0.1) is 0 Å². The average molecular weight is 215 g/mol. The number of nitrogens with two attached hydrogens (primary N) is 1. The topological polar surface area (TPSA) is 60.0 Å². The van der Waals surface area contributed by atoms with Crippen molar-refractivity contribution in [1.82, 2.24) is 9.99 Å². The number of rotatable bonds is 3. The van der Waals surface area contributed by atoms with Crippen LogP contribution in [-0.4, -0.2) is 10.5 Å². The van der Waals surface area contributed by atoms with Gasteiger partial charge in [-0.3, -0.25) is 10.2 Å². The molecule has 1 amide bonds. The van der Waals surface area contributed by atoms with E-state index in [4.69, 9.17) is 5.84 Å². The van der Waals surface area contributed by atoms with Crippen LogP contribution in [0.25, 0.3) is 0 Å². The number of amides is 1. The molecule has 0 saturated heterocycles. The summed E-state index contributed by atoms with van der Waals surface area (Å²) in [6, 6.07) is 11.3. The number of aromatic nitrogens is 1. The molecular formula is C12H13N3O. The lowest BCUT2D eigenvalue weighted by molar-refractivity contribution is 0.0953. The molecule has 0 radical (unpaired) electrons. The number of hydrazine groups is 1. The van der Waals surface area contributed by atoms with E-state index in [1.165, 1.54) is 0 Å². The van der Waals surface area contributed by atoms with Crippen molar-refractivity contribution in [2.24, 2.45) is 5.84 Å². The van der Waals surface area contributed by atoms with Crippen molar-refractivity contribution in [2.75, 3.05) is 0 Å². The quantitative estimate of drug-likeness (QED) is 0.458. The molecule has 4 heteroatoms. The minimum Gasteiger partial charge on any atom is -0.350 e. The van der Waals surface area contributed by atoms with Crippen LogP contribution in [0.3, 0.4) is 0 Å². The van der Waals surface area contributed by atoms with Crippen LogP contribution in [0.15, 0.2) is 48.8 Å². The van der Waals surface area contributed by atoms with E-state index in [-0.39, 0.29) is 5.91 Å². The fraction of sp³-hybridized carbons (Fsp3) is 0.0833. The Morgan fingerprint density at radius 3 is 2.38 bits per heavy atom. The van der Waals surface area contributed by atoms with Gasteiger partial charge in [-0.25, -0.2) is 5.84 Å². The molecule has 16 heavy (non-hydrogen) atoms. The molecule has 0 unspecified atom stereocenters. The van der Waals surface area contributed by atoms with Crippen LogP contribution in [0.4, 0.5) is 0 Å². The van der Waals surface area contributed by atoms with Crippen molar-refractivity contribution in [2.45, 2.75) is 6.54 Å². The molecule has 3 N–H and O–H groups in total. The number of hydrogen-bond acceptors (Lipinski definition) is 2. The lowest BCUT2D eigenvalue weighted by Gasteiger charge is -2.04. The van der Waals surface area contributed by atoms with E-state index < -0.39 is 0 Å². The first-order chi connectivity index (χ1) is 7.79. The van der Waals surface area contributed by atoms with E-state index in [1.807, 2.05) is 36.7 Å². The second-order valence-corrected chi connectivity index (χ2v) is 3.53. The van der Waals surface area contributed by atoms with Crippen molar-refractivity contribution in [3.8, 4) is 0 Å². The monoisotopic (exact) mass is 215 g/mol. The Kier molecular flexibility index (Phi) is 3.03. The molecule has 0 spiro atoms. The van der Waals surface area contributed by atoms with Gasteiger partial charge in [0.15, 0.2) is 0 Å². The SMILES string of the molecule is NNC(=O)c1ccc(Cn2cccc2)cc1. The highest BCUT2D eigenvalue weighted by molar-refractivity contribution is 5.93. The third-order valence-electron chi connectivity index (χ3n) is 2.38. The van der Waals surface area contributed by atoms with Crippen LogP contribution in [0, 0.1) is 0 Å². The number of nitrogens with zero attached hydrogens (tertiary/aromatic N) is 1. The molecule has 0 fully saturated rings. The molecule has 82 valence electrons. The lowest BCUT2D eigenvalue weighted by atomic mass is 10.1. The van der Waals surface area contributed by atoms with Gasteiger partial charge in [-0.1, -0.05) is 12.1 Å². The molecule has 0 saturated carbocycles. The number of nitrogen functional groups attached to an aromatic ring is 1. The van der Waals surface area contributed by atoms with Crippen molar-refractivity contribution in [3.63, 3.8) is 0 Å². The maximum Gasteiger partial charge on any atom is 0.265 e. The number of benzene rings is 1. The molecule has 1 aromatic carbocycles. The Bertz CT molecular complexity index is 460. The molecule has 0 aliphatic rings. The molecule has 2 aromatic rings. The highest BCUT2D eigenvalue weighted by Gasteiger charge is 2.02. The zero-order chi connectivity index (χ0) is 11.4. The Balaban J connectivity index is 2.10. The average Bonchev–Trinajstić information content (AvgIpc) is 2.82. The van der Waals surface area contributed by atoms with Crippen molar-refractivity contribution in [1.29, 1.82) is 0 Å². The first-order valence-electron chi connectivity index (χ1n) is 5.00. The van der Waals surface area contributed by atoms with Gasteiger partial charge < -0.3 is 4.57 Å². The standard InChI is InChI=1S/C12H13N3O/c13-14-12(16)11-5-3-10(4-6-11)9-15-7-1-2-8-15/h1-8H,9,13H2,(H,14,16). The summed E-state index contributed by atoms with van der Waals surface area (Å²) in [6.45, 7) is 0.803. The van der Waals surface area contributed by atoms with Gasteiger partial charge in [0.2, 0.25) is 0 Å². The van der Waals surface area contributed by atoms with Crippen LogP contribution >= 0.6 is 0 Å². The normalized spacial score (nSPS) is 10.1. The predicted octanol–water partition coefficient (Wildman–Crippen LogP) is 1.14. The van der Waals surface area contributed by atoms with Crippen LogP contribution < -0.4 is 11.3 Å². The van der Waals surface area contributed by atoms with Crippen LogP contribution in [0.1, 0.15) is 15.9 Å². The molecule has 2 rings (SSSR count). The summed E-state index contributed by atoms with van der Waals surface area (Å²) in [4.78, 5) is 11.2. The molecule has 0 aliphatic heterocycles. The smallest absolute Gasteiger partial charge is 0.265 e. The van der Waals surface area contributed by atoms with Gasteiger partial charge in [0, 0.05) is 24.5 Å². The third-order valence-corrected chi connectivity index (χ3v) is 2.38. The summed E-state index contributed by atoms with van der Waals surface area (Å²) in [6.07, 6.45) is 4.00. The summed E-state index contributed by atoms with van der Waals surface area (Å²) >= 11 is 0. The Labute approximate surface area is 93.7 Å². The van der Waals surface area contributed by atoms with Crippen LogP contribution in [-0.2, 0) is 6.54 Å². The summed E-state index contributed by atoms with van der Waals surface area (Å²) in [7, 11) is 0. The van der Waals surface area contributed by atoms with Crippen LogP contribution in [0.2, 0.25) is 0 Å². The minimum absolute atomic E-state index is 0.271. The first-order valence-corrected chi connectivity index (χ1v) is 5.00. The lowest BCUT2D eigenvalue weighted by Crippen LogP contribution is -2.29. The molecular weight excluding hydrogens is 202 g/mol. The molecule has 4 nitrogen and oxygen atoms in total. The highest BCUT2D eigenvalue weighted by Crippen LogP contribution is 2.06. The minimum atomic E-state index is -0.271. The number of nitrogens with one attached hydrogen (secondary N) is 1. The van der Waals surface area contributed by atoms with Crippen molar-refractivity contribution in [3.05, 3.63) is 59.9 Å². The van der Waals surface area contributed by atoms with Gasteiger partial charge >= 0.3 is 0 Å². The Hall–Kier alpha value is -2.07. The maximum absolute atomic E-state index is 11.2. The van der Waals surface area contributed by atoms with Crippen molar-refractivity contribution < 1.29 is 4.79 Å². The van der Waals surface area contributed by atoms with Crippen molar-refractivity contribution >= 4 is 5.91 Å². The Morgan fingerprint density at radius 1 is 1.19 bits per heavy atom. The summed E-state index contributed by atoms with van der Waals surface area (Å²) in [5, 5.41) is 0. The highest BCUT2D eigenvalue weighted by atomic mass is 16.2. The first kappa shape index (κ1) is 10.4. The second-order valence-electron chi connectivity index (χ2n) is 3.53. The fourth-order valence-electron chi connectivity index (χ4n) is 1.53. The van der Waals surface area contributed by atoms with E-state index in [1.54, 1.807) is 12.1 Å². The molecule has 0 bridgehead atoms. The summed E-state index contributed by atoms with van der Waals surface area (Å²) in [5.74, 6) is 4.78. The molecule has 0 aliphatic carbocycles. The Morgan fingerprint density at radius 2 is 1.81 bits per heavy atom. The summed E-state index contributed by atoms with van der Waals surface area (Å²) < 4.78 is 2.07. The number of carbonyl (C=O) groups excluding carboxylic acids is 1. The second kappa shape index (κ2) is 4.63. The van der Waals surface area contributed by atoms with E-state index in [2.05, 4.69) is 9.99 Å². The molecule has 0 atom stereocenters. The van der Waals surface area contributed by atoms with Gasteiger partial charge in [-0.05, 0) is 29.8 Å². The number of hydrogen-bond donors (Lipinski definition) is 2. The van der Waals surface area contributed by atoms with Gasteiger partial charge in [0.05, 0.1) is 0 Å².